The lowest BCUT2D eigenvalue weighted by Gasteiger charge is -2.17. The summed E-state index contributed by atoms with van der Waals surface area (Å²) < 4.78 is 24.1. The summed E-state index contributed by atoms with van der Waals surface area (Å²) in [6.07, 6.45) is -1.22. The van der Waals surface area contributed by atoms with Gasteiger partial charge < -0.3 is 14.6 Å². The van der Waals surface area contributed by atoms with Gasteiger partial charge in [-0.25, -0.2) is 4.39 Å². The number of benzene rings is 2. The SMILES string of the molecule is COc1ccc(C(O)c2c(F)cccc2Cl)c(OC)c1. The molecular weight excluding hydrogens is 283 g/mol. The van der Waals surface area contributed by atoms with Crippen molar-refractivity contribution < 1.29 is 19.0 Å². The van der Waals surface area contributed by atoms with Crippen molar-refractivity contribution in [2.45, 2.75) is 6.10 Å². The maximum atomic E-state index is 13.9. The molecular formula is C15H14ClFO3. The van der Waals surface area contributed by atoms with Crippen LogP contribution in [0.1, 0.15) is 17.2 Å². The molecule has 0 saturated carbocycles. The summed E-state index contributed by atoms with van der Waals surface area (Å²) in [5.41, 5.74) is 0.443. The van der Waals surface area contributed by atoms with Crippen molar-refractivity contribution in [2.75, 3.05) is 14.2 Å². The molecule has 2 rings (SSSR count). The molecule has 0 radical (unpaired) electrons. The van der Waals surface area contributed by atoms with Crippen LogP contribution in [0.25, 0.3) is 0 Å². The Kier molecular flexibility index (Phi) is 4.47. The van der Waals surface area contributed by atoms with Crippen LogP contribution in [0.15, 0.2) is 36.4 Å². The molecule has 3 nitrogen and oxygen atoms in total. The molecule has 0 aliphatic rings. The van der Waals surface area contributed by atoms with E-state index in [1.165, 1.54) is 32.4 Å². The predicted molar refractivity (Wildman–Crippen MR) is 75.0 cm³/mol. The summed E-state index contributed by atoms with van der Waals surface area (Å²) in [5.74, 6) is 0.413. The summed E-state index contributed by atoms with van der Waals surface area (Å²) in [5, 5.41) is 10.5. The molecule has 1 atom stereocenters. The highest BCUT2D eigenvalue weighted by atomic mass is 35.5. The molecule has 0 aliphatic heterocycles. The third kappa shape index (κ3) is 2.71. The van der Waals surface area contributed by atoms with Crippen molar-refractivity contribution >= 4 is 11.6 Å². The molecule has 5 heteroatoms. The fraction of sp³-hybridized carbons (Fsp3) is 0.200. The Morgan fingerprint density at radius 1 is 1.15 bits per heavy atom. The zero-order valence-corrected chi connectivity index (χ0v) is 11.8. The van der Waals surface area contributed by atoms with E-state index in [2.05, 4.69) is 0 Å². The molecule has 2 aromatic carbocycles. The van der Waals surface area contributed by atoms with Crippen molar-refractivity contribution in [1.29, 1.82) is 0 Å². The Labute approximate surface area is 121 Å². The lowest BCUT2D eigenvalue weighted by Crippen LogP contribution is -2.06. The Morgan fingerprint density at radius 3 is 2.50 bits per heavy atom. The highest BCUT2D eigenvalue weighted by Crippen LogP contribution is 2.36. The number of ether oxygens (including phenoxy) is 2. The van der Waals surface area contributed by atoms with Gasteiger partial charge in [-0.3, -0.25) is 0 Å². The van der Waals surface area contributed by atoms with Crippen LogP contribution in [0.4, 0.5) is 4.39 Å². The molecule has 0 bridgehead atoms. The molecule has 0 saturated heterocycles. The molecule has 1 N–H and O–H groups in total. The normalized spacial score (nSPS) is 12.1. The second-order valence-corrected chi connectivity index (χ2v) is 4.55. The molecule has 0 aromatic heterocycles. The Bertz CT molecular complexity index is 596. The molecule has 0 heterocycles. The maximum absolute atomic E-state index is 13.9. The van der Waals surface area contributed by atoms with Crippen LogP contribution < -0.4 is 9.47 Å². The van der Waals surface area contributed by atoms with E-state index in [9.17, 15) is 9.50 Å². The molecule has 0 spiro atoms. The Hall–Kier alpha value is -1.78. The van der Waals surface area contributed by atoms with Crippen molar-refractivity contribution in [1.82, 2.24) is 0 Å². The fourth-order valence-corrected chi connectivity index (χ4v) is 2.24. The van der Waals surface area contributed by atoms with Crippen molar-refractivity contribution in [3.8, 4) is 11.5 Å². The quantitative estimate of drug-likeness (QED) is 0.937. The van der Waals surface area contributed by atoms with Gasteiger partial charge in [-0.1, -0.05) is 17.7 Å². The van der Waals surface area contributed by atoms with Gasteiger partial charge >= 0.3 is 0 Å². The molecule has 0 aliphatic carbocycles. The highest BCUT2D eigenvalue weighted by molar-refractivity contribution is 6.31. The van der Waals surface area contributed by atoms with Gasteiger partial charge in [0, 0.05) is 22.2 Å². The predicted octanol–water partition coefficient (Wildman–Crippen LogP) is 3.58. The van der Waals surface area contributed by atoms with Crippen LogP contribution in [0.2, 0.25) is 5.02 Å². The lowest BCUT2D eigenvalue weighted by atomic mass is 10.00. The van der Waals surface area contributed by atoms with E-state index in [-0.39, 0.29) is 10.6 Å². The second kappa shape index (κ2) is 6.11. The topological polar surface area (TPSA) is 38.7 Å². The first kappa shape index (κ1) is 14.6. The van der Waals surface area contributed by atoms with Crippen molar-refractivity contribution in [3.63, 3.8) is 0 Å². The smallest absolute Gasteiger partial charge is 0.130 e. The van der Waals surface area contributed by atoms with Gasteiger partial charge in [0.05, 0.1) is 14.2 Å². The molecule has 106 valence electrons. The largest absolute Gasteiger partial charge is 0.497 e. The minimum absolute atomic E-state index is 0.0256. The summed E-state index contributed by atoms with van der Waals surface area (Å²) >= 11 is 5.96. The minimum atomic E-state index is -1.22. The molecule has 1 unspecified atom stereocenters. The van der Waals surface area contributed by atoms with Gasteiger partial charge in [-0.05, 0) is 24.3 Å². The standard InChI is InChI=1S/C15H14ClFO3/c1-19-9-6-7-10(13(8-9)20-2)15(18)14-11(16)4-3-5-12(14)17/h3-8,15,18H,1-2H3. The van der Waals surface area contributed by atoms with Gasteiger partial charge in [0.1, 0.15) is 23.4 Å². The van der Waals surface area contributed by atoms with Crippen LogP contribution in [-0.2, 0) is 0 Å². The third-order valence-electron chi connectivity index (χ3n) is 3.01. The second-order valence-electron chi connectivity index (χ2n) is 4.15. The number of aliphatic hydroxyl groups is 1. The zero-order chi connectivity index (χ0) is 14.7. The first-order valence-corrected chi connectivity index (χ1v) is 6.30. The van der Waals surface area contributed by atoms with E-state index >= 15 is 0 Å². The van der Waals surface area contributed by atoms with Gasteiger partial charge in [0.25, 0.3) is 0 Å². The average molecular weight is 297 g/mol. The summed E-state index contributed by atoms with van der Waals surface area (Å²) in [6, 6.07) is 9.16. The number of methoxy groups -OCH3 is 2. The number of halogens is 2. The van der Waals surface area contributed by atoms with E-state index in [1.54, 1.807) is 18.2 Å². The Morgan fingerprint density at radius 2 is 1.90 bits per heavy atom. The van der Waals surface area contributed by atoms with E-state index < -0.39 is 11.9 Å². The van der Waals surface area contributed by atoms with E-state index in [1.807, 2.05) is 0 Å². The van der Waals surface area contributed by atoms with Crippen molar-refractivity contribution in [3.05, 3.63) is 58.4 Å². The van der Waals surface area contributed by atoms with E-state index in [4.69, 9.17) is 21.1 Å². The number of rotatable bonds is 4. The minimum Gasteiger partial charge on any atom is -0.497 e. The molecule has 0 fully saturated rings. The number of hydrogen-bond acceptors (Lipinski definition) is 3. The highest BCUT2D eigenvalue weighted by Gasteiger charge is 2.21. The van der Waals surface area contributed by atoms with Crippen LogP contribution in [-0.4, -0.2) is 19.3 Å². The van der Waals surface area contributed by atoms with Crippen LogP contribution in [0.5, 0.6) is 11.5 Å². The Balaban J connectivity index is 2.50. The van der Waals surface area contributed by atoms with Gasteiger partial charge in [0.15, 0.2) is 0 Å². The maximum Gasteiger partial charge on any atom is 0.130 e. The monoisotopic (exact) mass is 296 g/mol. The zero-order valence-electron chi connectivity index (χ0n) is 11.1. The molecule has 2 aromatic rings. The van der Waals surface area contributed by atoms with Gasteiger partial charge in [-0.2, -0.15) is 0 Å². The summed E-state index contributed by atoms with van der Waals surface area (Å²) in [4.78, 5) is 0. The molecule has 20 heavy (non-hydrogen) atoms. The first-order valence-electron chi connectivity index (χ1n) is 5.92. The first-order chi connectivity index (χ1) is 9.58. The fourth-order valence-electron chi connectivity index (χ4n) is 1.97. The van der Waals surface area contributed by atoms with Crippen molar-refractivity contribution in [2.24, 2.45) is 0 Å². The summed E-state index contributed by atoms with van der Waals surface area (Å²) in [7, 11) is 2.99. The van der Waals surface area contributed by atoms with Gasteiger partial charge in [0.2, 0.25) is 0 Å². The van der Waals surface area contributed by atoms with Gasteiger partial charge in [-0.15, -0.1) is 0 Å². The number of hydrogen-bond donors (Lipinski definition) is 1. The average Bonchev–Trinajstić information content (AvgIpc) is 2.46. The van der Waals surface area contributed by atoms with Crippen LogP contribution in [0, 0.1) is 5.82 Å². The molecule has 0 amide bonds. The summed E-state index contributed by atoms with van der Waals surface area (Å²) in [6.45, 7) is 0. The van der Waals surface area contributed by atoms with Crippen LogP contribution in [0.3, 0.4) is 0 Å². The third-order valence-corrected chi connectivity index (χ3v) is 3.34. The van der Waals surface area contributed by atoms with Crippen LogP contribution >= 0.6 is 11.6 Å². The van der Waals surface area contributed by atoms with E-state index in [0.717, 1.165) is 0 Å². The number of aliphatic hydroxyl groups excluding tert-OH is 1. The van der Waals surface area contributed by atoms with E-state index in [0.29, 0.717) is 17.1 Å². The lowest BCUT2D eigenvalue weighted by molar-refractivity contribution is 0.209.